The first-order chi connectivity index (χ1) is 13.0. The lowest BCUT2D eigenvalue weighted by Gasteiger charge is -2.05. The minimum atomic E-state index is -0.394. The Hall–Kier alpha value is -3.33. The molecule has 3 aromatic heterocycles. The SMILES string of the molecule is Cc1nn(Cc2cccc(-c3nc(-c4cccs4)no3)c2)c(C)c1[N+](=O)[O-]. The van der Waals surface area contributed by atoms with E-state index in [1.807, 2.05) is 41.8 Å². The summed E-state index contributed by atoms with van der Waals surface area (Å²) < 4.78 is 7.03. The van der Waals surface area contributed by atoms with Crippen LogP contribution in [-0.4, -0.2) is 24.8 Å². The monoisotopic (exact) mass is 381 g/mol. The second kappa shape index (κ2) is 6.76. The van der Waals surface area contributed by atoms with E-state index < -0.39 is 4.92 Å². The van der Waals surface area contributed by atoms with Crippen LogP contribution in [0.2, 0.25) is 0 Å². The third-order valence-electron chi connectivity index (χ3n) is 4.20. The maximum atomic E-state index is 11.2. The quantitative estimate of drug-likeness (QED) is 0.379. The van der Waals surface area contributed by atoms with Crippen LogP contribution in [0.4, 0.5) is 5.69 Å². The molecule has 0 saturated heterocycles. The van der Waals surface area contributed by atoms with Crippen molar-refractivity contribution in [2.24, 2.45) is 0 Å². The molecule has 4 aromatic rings. The van der Waals surface area contributed by atoms with E-state index in [1.165, 1.54) is 0 Å². The van der Waals surface area contributed by atoms with Crippen LogP contribution in [0.5, 0.6) is 0 Å². The Morgan fingerprint density at radius 3 is 2.81 bits per heavy atom. The fraction of sp³-hybridized carbons (Fsp3) is 0.167. The molecule has 27 heavy (non-hydrogen) atoms. The number of rotatable bonds is 5. The van der Waals surface area contributed by atoms with Gasteiger partial charge in [0.2, 0.25) is 5.82 Å². The van der Waals surface area contributed by atoms with Gasteiger partial charge in [0.25, 0.3) is 5.89 Å². The summed E-state index contributed by atoms with van der Waals surface area (Å²) in [5.41, 5.74) is 2.72. The summed E-state index contributed by atoms with van der Waals surface area (Å²) >= 11 is 1.55. The molecule has 0 radical (unpaired) electrons. The van der Waals surface area contributed by atoms with Gasteiger partial charge in [-0.3, -0.25) is 14.8 Å². The van der Waals surface area contributed by atoms with Crippen LogP contribution < -0.4 is 0 Å². The molecule has 0 fully saturated rings. The van der Waals surface area contributed by atoms with Crippen LogP contribution in [0.25, 0.3) is 22.2 Å². The standard InChI is InChI=1S/C18H15N5O3S/c1-11-16(23(24)25)12(2)22(20-11)10-13-5-3-6-14(9-13)18-19-17(21-26-18)15-7-4-8-27-15/h3-9H,10H2,1-2H3. The van der Waals surface area contributed by atoms with Gasteiger partial charge in [-0.1, -0.05) is 23.4 Å². The minimum absolute atomic E-state index is 0.0589. The molecule has 0 aliphatic heterocycles. The Kier molecular flexibility index (Phi) is 4.28. The normalized spacial score (nSPS) is 11.0. The highest BCUT2D eigenvalue weighted by Gasteiger charge is 2.21. The van der Waals surface area contributed by atoms with Crippen LogP contribution in [0, 0.1) is 24.0 Å². The van der Waals surface area contributed by atoms with Gasteiger partial charge in [-0.05, 0) is 43.0 Å². The van der Waals surface area contributed by atoms with Gasteiger partial charge >= 0.3 is 5.69 Å². The number of benzene rings is 1. The molecule has 0 atom stereocenters. The van der Waals surface area contributed by atoms with Gasteiger partial charge in [-0.25, -0.2) is 0 Å². The van der Waals surface area contributed by atoms with E-state index in [0.29, 0.717) is 29.6 Å². The van der Waals surface area contributed by atoms with E-state index in [0.717, 1.165) is 16.0 Å². The van der Waals surface area contributed by atoms with Crippen molar-refractivity contribution in [1.82, 2.24) is 19.9 Å². The van der Waals surface area contributed by atoms with Crippen LogP contribution in [0.1, 0.15) is 17.0 Å². The topological polar surface area (TPSA) is 99.9 Å². The molecule has 0 bridgehead atoms. The van der Waals surface area contributed by atoms with Gasteiger partial charge in [0.1, 0.15) is 11.4 Å². The van der Waals surface area contributed by atoms with Gasteiger partial charge < -0.3 is 4.52 Å². The first kappa shape index (κ1) is 17.1. The van der Waals surface area contributed by atoms with Gasteiger partial charge in [0.15, 0.2) is 0 Å². The summed E-state index contributed by atoms with van der Waals surface area (Å²) in [6, 6.07) is 11.5. The first-order valence-corrected chi connectivity index (χ1v) is 9.06. The maximum absolute atomic E-state index is 11.2. The largest absolute Gasteiger partial charge is 0.334 e. The lowest BCUT2D eigenvalue weighted by atomic mass is 10.1. The Morgan fingerprint density at radius 2 is 2.11 bits per heavy atom. The molecule has 0 unspecified atom stereocenters. The summed E-state index contributed by atoms with van der Waals surface area (Å²) in [5, 5.41) is 21.5. The number of nitrogens with zero attached hydrogens (tertiary/aromatic N) is 5. The maximum Gasteiger partial charge on any atom is 0.312 e. The number of aromatic nitrogens is 4. The van der Waals surface area contributed by atoms with Crippen LogP contribution in [-0.2, 0) is 6.54 Å². The van der Waals surface area contributed by atoms with E-state index in [1.54, 1.807) is 29.9 Å². The zero-order valence-corrected chi connectivity index (χ0v) is 15.4. The van der Waals surface area contributed by atoms with E-state index >= 15 is 0 Å². The Balaban J connectivity index is 1.62. The molecular formula is C18H15N5O3S. The molecule has 3 heterocycles. The number of hydrogen-bond donors (Lipinski definition) is 0. The molecule has 0 spiro atoms. The van der Waals surface area contributed by atoms with Crippen molar-refractivity contribution >= 4 is 17.0 Å². The predicted molar refractivity (Wildman–Crippen MR) is 101 cm³/mol. The molecule has 1 aromatic carbocycles. The fourth-order valence-corrected chi connectivity index (χ4v) is 3.58. The van der Waals surface area contributed by atoms with Crippen molar-refractivity contribution in [2.45, 2.75) is 20.4 Å². The molecular weight excluding hydrogens is 366 g/mol. The minimum Gasteiger partial charge on any atom is -0.334 e. The fourth-order valence-electron chi connectivity index (χ4n) is 2.93. The molecule has 0 aliphatic rings. The molecule has 9 heteroatoms. The summed E-state index contributed by atoms with van der Waals surface area (Å²) in [5.74, 6) is 0.985. The van der Waals surface area contributed by atoms with Crippen molar-refractivity contribution in [3.63, 3.8) is 0 Å². The van der Waals surface area contributed by atoms with E-state index in [2.05, 4.69) is 15.2 Å². The molecule has 0 amide bonds. The number of nitro groups is 1. The third kappa shape index (κ3) is 3.24. The van der Waals surface area contributed by atoms with E-state index in [4.69, 9.17) is 4.52 Å². The van der Waals surface area contributed by atoms with Crippen molar-refractivity contribution in [2.75, 3.05) is 0 Å². The van der Waals surface area contributed by atoms with Crippen molar-refractivity contribution < 1.29 is 9.45 Å². The smallest absolute Gasteiger partial charge is 0.312 e. The molecule has 8 nitrogen and oxygen atoms in total. The Labute approximate surface area is 158 Å². The lowest BCUT2D eigenvalue weighted by Crippen LogP contribution is -2.04. The second-order valence-corrected chi connectivity index (χ2v) is 6.98. The average molecular weight is 381 g/mol. The molecule has 0 N–H and O–H groups in total. The first-order valence-electron chi connectivity index (χ1n) is 8.18. The molecule has 0 aliphatic carbocycles. The molecule has 136 valence electrons. The van der Waals surface area contributed by atoms with Crippen molar-refractivity contribution in [1.29, 1.82) is 0 Å². The highest BCUT2D eigenvalue weighted by Crippen LogP contribution is 2.27. The number of hydrogen-bond acceptors (Lipinski definition) is 7. The van der Waals surface area contributed by atoms with E-state index in [9.17, 15) is 10.1 Å². The van der Waals surface area contributed by atoms with Gasteiger partial charge in [0.05, 0.1) is 16.3 Å². The summed E-state index contributed by atoms with van der Waals surface area (Å²) in [4.78, 5) is 16.2. The second-order valence-electron chi connectivity index (χ2n) is 6.04. The van der Waals surface area contributed by atoms with Gasteiger partial charge in [0, 0.05) is 5.56 Å². The third-order valence-corrected chi connectivity index (χ3v) is 5.07. The van der Waals surface area contributed by atoms with Gasteiger partial charge in [-0.15, -0.1) is 11.3 Å². The highest BCUT2D eigenvalue weighted by atomic mass is 32.1. The Morgan fingerprint density at radius 1 is 1.26 bits per heavy atom. The average Bonchev–Trinajstić information content (AvgIpc) is 3.36. The predicted octanol–water partition coefficient (Wildman–Crippen LogP) is 4.23. The Bertz CT molecular complexity index is 1110. The number of aryl methyl sites for hydroxylation is 1. The van der Waals surface area contributed by atoms with Crippen molar-refractivity contribution in [3.05, 3.63) is 68.8 Å². The summed E-state index contributed by atoms with van der Waals surface area (Å²) in [6.45, 7) is 3.76. The molecule has 0 saturated carbocycles. The summed E-state index contributed by atoms with van der Waals surface area (Å²) in [7, 11) is 0. The van der Waals surface area contributed by atoms with Gasteiger partial charge in [-0.2, -0.15) is 10.1 Å². The van der Waals surface area contributed by atoms with Crippen molar-refractivity contribution in [3.8, 4) is 22.2 Å². The summed E-state index contributed by atoms with van der Waals surface area (Å²) in [6.07, 6.45) is 0. The zero-order chi connectivity index (χ0) is 19.0. The van der Waals surface area contributed by atoms with Crippen LogP contribution >= 0.6 is 11.3 Å². The number of thiophene rings is 1. The van der Waals surface area contributed by atoms with E-state index in [-0.39, 0.29) is 5.69 Å². The zero-order valence-electron chi connectivity index (χ0n) is 14.6. The highest BCUT2D eigenvalue weighted by molar-refractivity contribution is 7.13. The lowest BCUT2D eigenvalue weighted by molar-refractivity contribution is -0.386. The molecule has 4 rings (SSSR count). The van der Waals surface area contributed by atoms with Crippen LogP contribution in [0.15, 0.2) is 46.3 Å². The van der Waals surface area contributed by atoms with Crippen LogP contribution in [0.3, 0.4) is 0 Å².